The van der Waals surface area contributed by atoms with Crippen LogP contribution in [0.25, 0.3) is 0 Å². The third-order valence-electron chi connectivity index (χ3n) is 3.76. The van der Waals surface area contributed by atoms with E-state index in [4.69, 9.17) is 0 Å². The van der Waals surface area contributed by atoms with E-state index < -0.39 is 0 Å². The zero-order valence-corrected chi connectivity index (χ0v) is 14.4. The maximum atomic E-state index is 11.7. The quantitative estimate of drug-likeness (QED) is 0.560. The Balaban J connectivity index is 1.41. The van der Waals surface area contributed by atoms with E-state index in [-0.39, 0.29) is 11.8 Å². The highest BCUT2D eigenvalue weighted by atomic mass is 16.2. The number of amides is 2. The van der Waals surface area contributed by atoms with Gasteiger partial charge >= 0.3 is 0 Å². The van der Waals surface area contributed by atoms with Crippen LogP contribution < -0.4 is 10.6 Å². The summed E-state index contributed by atoms with van der Waals surface area (Å²) in [5.41, 5.74) is 0. The first kappa shape index (κ1) is 18.7. The van der Waals surface area contributed by atoms with Crippen LogP contribution in [0.3, 0.4) is 0 Å². The molecule has 2 aromatic rings. The number of nitrogens with one attached hydrogen (secondary N) is 2. The van der Waals surface area contributed by atoms with Crippen molar-refractivity contribution in [2.45, 2.75) is 45.2 Å². The van der Waals surface area contributed by atoms with E-state index in [2.05, 4.69) is 20.6 Å². The van der Waals surface area contributed by atoms with Gasteiger partial charge in [-0.1, -0.05) is 0 Å². The molecule has 0 aliphatic carbocycles. The van der Waals surface area contributed by atoms with E-state index in [1.165, 1.54) is 0 Å². The molecule has 0 spiro atoms. The first-order chi connectivity index (χ1) is 12.2. The fourth-order valence-corrected chi connectivity index (χ4v) is 2.40. The van der Waals surface area contributed by atoms with Crippen LogP contribution in [0, 0.1) is 0 Å². The van der Waals surface area contributed by atoms with E-state index >= 15 is 0 Å². The van der Waals surface area contributed by atoms with Gasteiger partial charge in [-0.3, -0.25) is 9.59 Å². The molecule has 25 heavy (non-hydrogen) atoms. The molecule has 0 atom stereocenters. The number of hydrogen-bond acceptors (Lipinski definition) is 4. The van der Waals surface area contributed by atoms with Crippen molar-refractivity contribution in [2.24, 2.45) is 0 Å². The molecule has 2 aromatic heterocycles. The summed E-state index contributed by atoms with van der Waals surface area (Å²) in [6.07, 6.45) is 13.8. The molecule has 0 saturated heterocycles. The molecule has 2 N–H and O–H groups in total. The highest BCUT2D eigenvalue weighted by molar-refractivity contribution is 5.78. The molecule has 0 saturated carbocycles. The van der Waals surface area contributed by atoms with Gasteiger partial charge in [0.05, 0.1) is 12.7 Å². The monoisotopic (exact) mass is 346 g/mol. The Labute approximate surface area is 147 Å². The van der Waals surface area contributed by atoms with Crippen LogP contribution in [0.15, 0.2) is 37.4 Å². The van der Waals surface area contributed by atoms with Gasteiger partial charge in [-0.05, 0) is 19.3 Å². The molecule has 2 heterocycles. The zero-order chi connectivity index (χ0) is 17.7. The molecule has 136 valence electrons. The SMILES string of the molecule is O=C(CCCC(=O)NCCCn1ccnc1)NCCCn1ccnc1. The molecule has 0 bridgehead atoms. The second-order valence-corrected chi connectivity index (χ2v) is 5.86. The van der Waals surface area contributed by atoms with Crippen LogP contribution in [-0.4, -0.2) is 44.0 Å². The maximum Gasteiger partial charge on any atom is 0.220 e. The molecule has 8 nitrogen and oxygen atoms in total. The second-order valence-electron chi connectivity index (χ2n) is 5.86. The Morgan fingerprint density at radius 1 is 0.760 bits per heavy atom. The van der Waals surface area contributed by atoms with Crippen molar-refractivity contribution in [2.75, 3.05) is 13.1 Å². The van der Waals surface area contributed by atoms with E-state index in [9.17, 15) is 9.59 Å². The van der Waals surface area contributed by atoms with E-state index in [1.807, 2.05) is 21.5 Å². The lowest BCUT2D eigenvalue weighted by molar-refractivity contribution is -0.122. The number of hydrogen-bond donors (Lipinski definition) is 2. The molecular weight excluding hydrogens is 320 g/mol. The summed E-state index contributed by atoms with van der Waals surface area (Å²) in [5.74, 6) is -0.00271. The molecular formula is C17H26N6O2. The number of nitrogens with zero attached hydrogens (tertiary/aromatic N) is 4. The Bertz CT molecular complexity index is 555. The summed E-state index contributed by atoms with van der Waals surface area (Å²) in [6, 6.07) is 0. The van der Waals surface area contributed by atoms with Gasteiger partial charge in [0, 0.05) is 63.8 Å². The van der Waals surface area contributed by atoms with Gasteiger partial charge in [0.1, 0.15) is 0 Å². The van der Waals surface area contributed by atoms with Crippen molar-refractivity contribution in [3.05, 3.63) is 37.4 Å². The zero-order valence-electron chi connectivity index (χ0n) is 14.4. The average Bonchev–Trinajstić information content (AvgIpc) is 3.29. The van der Waals surface area contributed by atoms with Crippen LogP contribution >= 0.6 is 0 Å². The van der Waals surface area contributed by atoms with Gasteiger partial charge in [-0.2, -0.15) is 0 Å². The topological polar surface area (TPSA) is 93.8 Å². The minimum Gasteiger partial charge on any atom is -0.356 e. The number of aromatic nitrogens is 4. The van der Waals surface area contributed by atoms with Gasteiger partial charge in [-0.15, -0.1) is 0 Å². The lowest BCUT2D eigenvalue weighted by Crippen LogP contribution is -2.27. The first-order valence-corrected chi connectivity index (χ1v) is 8.69. The van der Waals surface area contributed by atoms with Crippen LogP contribution in [0.4, 0.5) is 0 Å². The summed E-state index contributed by atoms with van der Waals surface area (Å²) >= 11 is 0. The lowest BCUT2D eigenvalue weighted by atomic mass is 10.2. The van der Waals surface area contributed by atoms with Crippen LogP contribution in [0.1, 0.15) is 32.1 Å². The summed E-state index contributed by atoms with van der Waals surface area (Å²) in [7, 11) is 0. The lowest BCUT2D eigenvalue weighted by Gasteiger charge is -2.07. The molecule has 0 fully saturated rings. The smallest absolute Gasteiger partial charge is 0.220 e. The van der Waals surface area contributed by atoms with Gasteiger partial charge < -0.3 is 19.8 Å². The van der Waals surface area contributed by atoms with Crippen LogP contribution in [-0.2, 0) is 22.7 Å². The minimum atomic E-state index is -0.00135. The number of carbonyl (C=O) groups is 2. The van der Waals surface area contributed by atoms with E-state index in [0.717, 1.165) is 25.9 Å². The molecule has 0 radical (unpaired) electrons. The van der Waals surface area contributed by atoms with Crippen LogP contribution in [0.5, 0.6) is 0 Å². The second kappa shape index (κ2) is 11.0. The maximum absolute atomic E-state index is 11.7. The normalized spacial score (nSPS) is 10.6. The minimum absolute atomic E-state index is 0.00135. The summed E-state index contributed by atoms with van der Waals surface area (Å²) in [6.45, 7) is 2.94. The Morgan fingerprint density at radius 2 is 1.24 bits per heavy atom. The van der Waals surface area contributed by atoms with E-state index in [1.54, 1.807) is 25.0 Å². The number of carbonyl (C=O) groups excluding carboxylic acids is 2. The largest absolute Gasteiger partial charge is 0.356 e. The fourth-order valence-electron chi connectivity index (χ4n) is 2.40. The third kappa shape index (κ3) is 8.14. The van der Waals surface area contributed by atoms with Gasteiger partial charge in [0.25, 0.3) is 0 Å². The van der Waals surface area contributed by atoms with Crippen LogP contribution in [0.2, 0.25) is 0 Å². The van der Waals surface area contributed by atoms with Crippen molar-refractivity contribution in [1.82, 2.24) is 29.7 Å². The summed E-state index contributed by atoms with van der Waals surface area (Å²) in [5, 5.41) is 5.75. The van der Waals surface area contributed by atoms with Crippen molar-refractivity contribution >= 4 is 11.8 Å². The predicted molar refractivity (Wildman–Crippen MR) is 93.6 cm³/mol. The Morgan fingerprint density at radius 3 is 1.64 bits per heavy atom. The van der Waals surface area contributed by atoms with Gasteiger partial charge in [0.2, 0.25) is 11.8 Å². The Hall–Kier alpha value is -2.64. The molecule has 8 heteroatoms. The number of rotatable bonds is 12. The highest BCUT2D eigenvalue weighted by Crippen LogP contribution is 1.97. The molecule has 0 aliphatic heterocycles. The van der Waals surface area contributed by atoms with Crippen molar-refractivity contribution in [3.8, 4) is 0 Å². The highest BCUT2D eigenvalue weighted by Gasteiger charge is 2.04. The molecule has 2 amide bonds. The average molecular weight is 346 g/mol. The standard InChI is InChI=1S/C17H26N6O2/c24-16(20-6-2-10-22-12-8-18-14-22)4-1-5-17(25)21-7-3-11-23-13-9-19-15-23/h8-9,12-15H,1-7,10-11H2,(H,20,24)(H,21,25). The number of imidazole rings is 2. The summed E-state index contributed by atoms with van der Waals surface area (Å²) < 4.78 is 3.95. The molecule has 2 rings (SSSR count). The van der Waals surface area contributed by atoms with E-state index in [0.29, 0.717) is 32.4 Å². The molecule has 0 aliphatic rings. The van der Waals surface area contributed by atoms with Crippen molar-refractivity contribution < 1.29 is 9.59 Å². The first-order valence-electron chi connectivity index (χ1n) is 8.69. The van der Waals surface area contributed by atoms with Crippen molar-refractivity contribution in [1.29, 1.82) is 0 Å². The molecule has 0 unspecified atom stereocenters. The van der Waals surface area contributed by atoms with Gasteiger partial charge in [0.15, 0.2) is 0 Å². The third-order valence-corrected chi connectivity index (χ3v) is 3.76. The fraction of sp³-hybridized carbons (Fsp3) is 0.529. The summed E-state index contributed by atoms with van der Waals surface area (Å²) in [4.78, 5) is 31.3. The predicted octanol–water partition coefficient (Wildman–Crippen LogP) is 0.963. The number of aryl methyl sites for hydroxylation is 2. The van der Waals surface area contributed by atoms with Gasteiger partial charge in [-0.25, -0.2) is 9.97 Å². The molecule has 0 aromatic carbocycles. The Kier molecular flexibility index (Phi) is 8.23. The van der Waals surface area contributed by atoms with Crippen molar-refractivity contribution in [3.63, 3.8) is 0 Å².